The summed E-state index contributed by atoms with van der Waals surface area (Å²) in [6, 6.07) is 15.8. The van der Waals surface area contributed by atoms with Gasteiger partial charge in [-0.3, -0.25) is 9.59 Å². The summed E-state index contributed by atoms with van der Waals surface area (Å²) in [5.41, 5.74) is 4.56. The number of allylic oxidation sites excluding steroid dienone is 4. The summed E-state index contributed by atoms with van der Waals surface area (Å²) in [6.45, 7) is 2.77. The van der Waals surface area contributed by atoms with Crippen LogP contribution in [0.3, 0.4) is 0 Å². The maximum Gasteiger partial charge on any atom is 0.303 e. The molecule has 2 N–H and O–H groups in total. The fourth-order valence-corrected chi connectivity index (χ4v) is 5.11. The SMILES string of the molecule is CC1(Cl)C=C(Cl)C(c2cn(CCCC(=O)O)c(/C=C/c3cccc(-c4ccc(OCCCC(=O)O)cc4)c3)n2)=CC1. The van der Waals surface area contributed by atoms with E-state index in [4.69, 9.17) is 43.1 Å². The molecule has 1 unspecified atom stereocenters. The Balaban J connectivity index is 1.51. The van der Waals surface area contributed by atoms with E-state index in [1.54, 1.807) is 0 Å². The molecule has 1 aromatic heterocycles. The fraction of sp³-hybridized carbons (Fsp3) is 0.281. The summed E-state index contributed by atoms with van der Waals surface area (Å²) < 4.78 is 7.59. The maximum atomic E-state index is 11.1. The summed E-state index contributed by atoms with van der Waals surface area (Å²) in [6.07, 6.45) is 11.3. The molecular weight excluding hydrogens is 563 g/mol. The van der Waals surface area contributed by atoms with E-state index in [0.717, 1.165) is 22.3 Å². The maximum absolute atomic E-state index is 11.1. The molecule has 0 saturated heterocycles. The van der Waals surface area contributed by atoms with Crippen LogP contribution in [0, 0.1) is 0 Å². The highest BCUT2D eigenvalue weighted by atomic mass is 35.5. The van der Waals surface area contributed by atoms with Gasteiger partial charge in [0, 0.05) is 36.2 Å². The van der Waals surface area contributed by atoms with Gasteiger partial charge in [-0.1, -0.05) is 54.1 Å². The van der Waals surface area contributed by atoms with Gasteiger partial charge < -0.3 is 19.5 Å². The van der Waals surface area contributed by atoms with Gasteiger partial charge in [-0.25, -0.2) is 4.98 Å². The Labute approximate surface area is 249 Å². The quantitative estimate of drug-likeness (QED) is 0.155. The zero-order chi connectivity index (χ0) is 29.4. The minimum absolute atomic E-state index is 0.0683. The first-order valence-corrected chi connectivity index (χ1v) is 14.2. The van der Waals surface area contributed by atoms with Crippen LogP contribution >= 0.6 is 23.2 Å². The third-order valence-electron chi connectivity index (χ3n) is 6.57. The molecule has 3 aromatic rings. The molecule has 0 bridgehead atoms. The zero-order valence-corrected chi connectivity index (χ0v) is 24.2. The topological polar surface area (TPSA) is 102 Å². The Morgan fingerprint density at radius 3 is 2.49 bits per heavy atom. The van der Waals surface area contributed by atoms with E-state index in [2.05, 4.69) is 6.07 Å². The van der Waals surface area contributed by atoms with Gasteiger partial charge in [0.1, 0.15) is 11.6 Å². The van der Waals surface area contributed by atoms with Crippen LogP contribution in [0.2, 0.25) is 0 Å². The number of alkyl halides is 1. The molecule has 0 fully saturated rings. The van der Waals surface area contributed by atoms with Gasteiger partial charge in [0.25, 0.3) is 0 Å². The number of aromatic nitrogens is 2. The molecule has 214 valence electrons. The summed E-state index contributed by atoms with van der Waals surface area (Å²) in [4.78, 5) is 26.0. The lowest BCUT2D eigenvalue weighted by atomic mass is 9.96. The second-order valence-electron chi connectivity index (χ2n) is 10.1. The molecule has 1 atom stereocenters. The molecule has 2 aromatic carbocycles. The van der Waals surface area contributed by atoms with Crippen molar-refractivity contribution in [1.82, 2.24) is 9.55 Å². The summed E-state index contributed by atoms with van der Waals surface area (Å²) in [5.74, 6) is -0.272. The minimum Gasteiger partial charge on any atom is -0.494 e. The van der Waals surface area contributed by atoms with Gasteiger partial charge in [0.2, 0.25) is 0 Å². The van der Waals surface area contributed by atoms with Crippen molar-refractivity contribution in [3.8, 4) is 16.9 Å². The number of benzene rings is 2. The molecule has 41 heavy (non-hydrogen) atoms. The number of aryl methyl sites for hydroxylation is 1. The van der Waals surface area contributed by atoms with E-state index in [1.165, 1.54) is 0 Å². The number of nitrogens with zero attached hydrogens (tertiary/aromatic N) is 2. The highest BCUT2D eigenvalue weighted by Gasteiger charge is 2.25. The van der Waals surface area contributed by atoms with Crippen LogP contribution in [0.5, 0.6) is 5.75 Å². The lowest BCUT2D eigenvalue weighted by Gasteiger charge is -2.21. The van der Waals surface area contributed by atoms with Crippen molar-refractivity contribution in [2.24, 2.45) is 0 Å². The number of carboxylic acids is 2. The van der Waals surface area contributed by atoms with E-state index in [-0.39, 0.29) is 12.8 Å². The Morgan fingerprint density at radius 1 is 1.05 bits per heavy atom. The molecule has 7 nitrogen and oxygen atoms in total. The second-order valence-corrected chi connectivity index (χ2v) is 11.4. The standard InChI is InChI=1S/C32H32Cl2N2O5/c1-32(34)16-15-26(27(33)20-32)28-21-36(17-3-7-30(37)38)29(35-28)14-9-22-5-2-6-24(19-22)23-10-12-25(13-11-23)41-18-4-8-31(39)40/h2,5-6,9-15,19-21H,3-4,7-8,16-18H2,1H3,(H,37,38)(H,39,40)/b14-9+. The number of halogens is 2. The number of carboxylic acid groups (broad SMARTS) is 2. The third kappa shape index (κ3) is 8.84. The van der Waals surface area contributed by atoms with Crippen LogP contribution in [-0.2, 0) is 16.1 Å². The molecular formula is C32H32Cl2N2O5. The number of imidazole rings is 1. The number of hydrogen-bond donors (Lipinski definition) is 2. The van der Waals surface area contributed by atoms with Crippen molar-refractivity contribution in [1.29, 1.82) is 0 Å². The van der Waals surface area contributed by atoms with E-state index in [9.17, 15) is 9.59 Å². The van der Waals surface area contributed by atoms with Crippen molar-refractivity contribution in [3.63, 3.8) is 0 Å². The Kier molecular flexibility index (Phi) is 10.1. The normalized spacial score (nSPS) is 16.9. The van der Waals surface area contributed by atoms with Crippen molar-refractivity contribution >= 4 is 52.9 Å². The highest BCUT2D eigenvalue weighted by Crippen LogP contribution is 2.37. The molecule has 4 rings (SSSR count). The summed E-state index contributed by atoms with van der Waals surface area (Å²) in [5, 5.41) is 18.4. The van der Waals surface area contributed by atoms with Gasteiger partial charge in [0.05, 0.1) is 17.2 Å². The first-order chi connectivity index (χ1) is 19.6. The van der Waals surface area contributed by atoms with E-state index in [0.29, 0.717) is 54.7 Å². The number of carbonyl (C=O) groups is 2. The number of hydrogen-bond acceptors (Lipinski definition) is 4. The highest BCUT2D eigenvalue weighted by molar-refractivity contribution is 6.38. The second kappa shape index (κ2) is 13.7. The van der Waals surface area contributed by atoms with Crippen LogP contribution in [-0.4, -0.2) is 43.2 Å². The molecule has 9 heteroatoms. The van der Waals surface area contributed by atoms with Crippen molar-refractivity contribution < 1.29 is 24.5 Å². The average molecular weight is 596 g/mol. The Hall–Kier alpha value is -3.81. The van der Waals surface area contributed by atoms with E-state index in [1.807, 2.05) is 84.5 Å². The first-order valence-electron chi connectivity index (χ1n) is 13.4. The van der Waals surface area contributed by atoms with E-state index < -0.39 is 16.8 Å². The van der Waals surface area contributed by atoms with Gasteiger partial charge in [-0.05, 0) is 73.2 Å². The zero-order valence-electron chi connectivity index (χ0n) is 22.7. The fourth-order valence-electron chi connectivity index (χ4n) is 4.45. The van der Waals surface area contributed by atoms with Crippen molar-refractivity contribution in [2.45, 2.75) is 50.4 Å². The first kappa shape index (κ1) is 30.2. The van der Waals surface area contributed by atoms with Crippen LogP contribution in [0.1, 0.15) is 56.1 Å². The van der Waals surface area contributed by atoms with Crippen LogP contribution in [0.15, 0.2) is 71.9 Å². The smallest absolute Gasteiger partial charge is 0.303 e. The Bertz CT molecular complexity index is 1490. The predicted octanol–water partition coefficient (Wildman–Crippen LogP) is 7.74. The summed E-state index contributed by atoms with van der Waals surface area (Å²) >= 11 is 13.0. The van der Waals surface area contributed by atoms with Crippen LogP contribution in [0.25, 0.3) is 28.9 Å². The van der Waals surface area contributed by atoms with Gasteiger partial charge in [0.15, 0.2) is 0 Å². The lowest BCUT2D eigenvalue weighted by Crippen LogP contribution is -2.15. The van der Waals surface area contributed by atoms with Gasteiger partial charge >= 0.3 is 11.9 Å². The monoisotopic (exact) mass is 594 g/mol. The number of aliphatic carboxylic acids is 2. The van der Waals surface area contributed by atoms with E-state index >= 15 is 0 Å². The van der Waals surface area contributed by atoms with Gasteiger partial charge in [-0.2, -0.15) is 0 Å². The van der Waals surface area contributed by atoms with Crippen LogP contribution in [0.4, 0.5) is 0 Å². The van der Waals surface area contributed by atoms with Crippen LogP contribution < -0.4 is 4.74 Å². The summed E-state index contributed by atoms with van der Waals surface area (Å²) in [7, 11) is 0. The number of ether oxygens (including phenoxy) is 1. The molecule has 0 spiro atoms. The van der Waals surface area contributed by atoms with Crippen molar-refractivity contribution in [3.05, 3.63) is 89.0 Å². The number of rotatable bonds is 13. The largest absolute Gasteiger partial charge is 0.494 e. The van der Waals surface area contributed by atoms with Crippen molar-refractivity contribution in [2.75, 3.05) is 6.61 Å². The lowest BCUT2D eigenvalue weighted by molar-refractivity contribution is -0.138. The minimum atomic E-state index is -0.834. The molecule has 1 aliphatic carbocycles. The molecule has 0 saturated carbocycles. The molecule has 1 aliphatic rings. The third-order valence-corrected chi connectivity index (χ3v) is 7.14. The van der Waals surface area contributed by atoms with Gasteiger partial charge in [-0.15, -0.1) is 11.6 Å². The molecule has 0 aliphatic heterocycles. The molecule has 0 radical (unpaired) electrons. The predicted molar refractivity (Wildman–Crippen MR) is 163 cm³/mol. The average Bonchev–Trinajstić information content (AvgIpc) is 3.32. The Morgan fingerprint density at radius 2 is 1.78 bits per heavy atom. The molecule has 0 amide bonds. The molecule has 1 heterocycles.